The van der Waals surface area contributed by atoms with Gasteiger partial charge in [0.05, 0.1) is 0 Å². The molecule has 0 saturated carbocycles. The molecule has 2 heterocycles. The van der Waals surface area contributed by atoms with E-state index in [2.05, 4.69) is 22.3 Å². The number of sulfonamides is 1. The van der Waals surface area contributed by atoms with E-state index in [0.717, 1.165) is 19.4 Å². The smallest absolute Gasteiger partial charge is 0.287 e. The van der Waals surface area contributed by atoms with Gasteiger partial charge < -0.3 is 14.6 Å². The molecule has 0 unspecified atom stereocenters. The minimum atomic E-state index is -3.60. The van der Waals surface area contributed by atoms with Crippen molar-refractivity contribution in [2.75, 3.05) is 33.2 Å². The summed E-state index contributed by atoms with van der Waals surface area (Å²) in [5.74, 6) is -0.127. The van der Waals surface area contributed by atoms with Gasteiger partial charge in [0, 0.05) is 38.8 Å². The molecule has 1 aliphatic heterocycles. The Morgan fingerprint density at radius 2 is 1.89 bits per heavy atom. The average Bonchev–Trinajstić information content (AvgIpc) is 3.33. The quantitative estimate of drug-likeness (QED) is 0.728. The van der Waals surface area contributed by atoms with E-state index in [-0.39, 0.29) is 16.4 Å². The number of hydrogen-bond acceptors (Lipinski definition) is 5. The Morgan fingerprint density at radius 3 is 2.57 bits per heavy atom. The maximum atomic E-state index is 12.7. The lowest BCUT2D eigenvalue weighted by Gasteiger charge is -2.16. The number of amides is 1. The number of benzene rings is 1. The summed E-state index contributed by atoms with van der Waals surface area (Å²) in [5.41, 5.74) is 1.20. The molecule has 1 saturated heterocycles. The molecule has 1 aliphatic rings. The molecule has 0 bridgehead atoms. The van der Waals surface area contributed by atoms with Crippen molar-refractivity contribution in [3.8, 4) is 0 Å². The van der Waals surface area contributed by atoms with Crippen molar-refractivity contribution in [2.45, 2.75) is 31.2 Å². The fourth-order valence-electron chi connectivity index (χ4n) is 3.32. The molecule has 0 spiro atoms. The molecule has 1 fully saturated rings. The van der Waals surface area contributed by atoms with Gasteiger partial charge in [-0.3, -0.25) is 4.79 Å². The number of carbonyl (C=O) groups is 1. The topological polar surface area (TPSA) is 82.9 Å². The van der Waals surface area contributed by atoms with Crippen LogP contribution in [0.15, 0.2) is 45.7 Å². The number of carbonyl (C=O) groups excluding carboxylic acids is 1. The van der Waals surface area contributed by atoms with Crippen molar-refractivity contribution in [1.82, 2.24) is 14.5 Å². The second kappa shape index (κ2) is 8.89. The van der Waals surface area contributed by atoms with E-state index >= 15 is 0 Å². The van der Waals surface area contributed by atoms with E-state index in [9.17, 15) is 13.2 Å². The minimum absolute atomic E-state index is 0.0287. The Hall–Kier alpha value is -2.16. The molecule has 28 heavy (non-hydrogen) atoms. The third-order valence-electron chi connectivity index (χ3n) is 4.85. The predicted octanol–water partition coefficient (Wildman–Crippen LogP) is 2.23. The number of hydrogen-bond donors (Lipinski definition) is 1. The van der Waals surface area contributed by atoms with Crippen LogP contribution in [-0.4, -0.2) is 56.8 Å². The highest BCUT2D eigenvalue weighted by atomic mass is 32.2. The van der Waals surface area contributed by atoms with E-state index < -0.39 is 15.9 Å². The van der Waals surface area contributed by atoms with Gasteiger partial charge in [-0.2, -0.15) is 4.31 Å². The van der Waals surface area contributed by atoms with Crippen LogP contribution in [0.3, 0.4) is 0 Å². The zero-order valence-corrected chi connectivity index (χ0v) is 17.2. The van der Waals surface area contributed by atoms with Crippen LogP contribution in [0.25, 0.3) is 0 Å². The second-order valence-electron chi connectivity index (χ2n) is 7.12. The van der Waals surface area contributed by atoms with Crippen molar-refractivity contribution in [2.24, 2.45) is 0 Å². The molecule has 0 atom stereocenters. The van der Waals surface area contributed by atoms with E-state index in [0.29, 0.717) is 26.2 Å². The highest BCUT2D eigenvalue weighted by Crippen LogP contribution is 2.26. The van der Waals surface area contributed by atoms with Crippen LogP contribution < -0.4 is 5.32 Å². The first-order chi connectivity index (χ1) is 13.4. The first-order valence-corrected chi connectivity index (χ1v) is 10.9. The molecule has 1 amide bonds. The number of furan rings is 1. The number of nitrogens with zero attached hydrogens (tertiary/aromatic N) is 2. The van der Waals surface area contributed by atoms with E-state index in [1.165, 1.54) is 15.9 Å². The van der Waals surface area contributed by atoms with Crippen molar-refractivity contribution in [1.29, 1.82) is 0 Å². The van der Waals surface area contributed by atoms with Crippen LogP contribution in [-0.2, 0) is 16.6 Å². The molecular weight excluding hydrogens is 378 g/mol. The summed E-state index contributed by atoms with van der Waals surface area (Å²) in [6, 6.07) is 11.4. The summed E-state index contributed by atoms with van der Waals surface area (Å²) in [7, 11) is -1.62. The van der Waals surface area contributed by atoms with Gasteiger partial charge in [-0.1, -0.05) is 30.3 Å². The Bertz CT molecular complexity index is 903. The van der Waals surface area contributed by atoms with Gasteiger partial charge in [0.2, 0.25) is 10.0 Å². The molecule has 1 N–H and O–H groups in total. The molecule has 3 rings (SSSR count). The van der Waals surface area contributed by atoms with Gasteiger partial charge in [0.15, 0.2) is 5.76 Å². The third kappa shape index (κ3) is 4.81. The van der Waals surface area contributed by atoms with Crippen molar-refractivity contribution < 1.29 is 17.6 Å². The molecule has 0 aliphatic carbocycles. The maximum absolute atomic E-state index is 12.7. The van der Waals surface area contributed by atoms with Gasteiger partial charge >= 0.3 is 0 Å². The van der Waals surface area contributed by atoms with Crippen molar-refractivity contribution in [3.63, 3.8) is 0 Å². The van der Waals surface area contributed by atoms with E-state index in [4.69, 9.17) is 4.42 Å². The van der Waals surface area contributed by atoms with Gasteiger partial charge in [-0.05, 0) is 32.4 Å². The van der Waals surface area contributed by atoms with Crippen LogP contribution in [0.1, 0.15) is 34.7 Å². The first-order valence-electron chi connectivity index (χ1n) is 9.49. The number of aryl methyl sites for hydroxylation is 1. The number of nitrogens with one attached hydrogen (secondary N) is 1. The Balaban J connectivity index is 1.55. The van der Waals surface area contributed by atoms with Crippen LogP contribution >= 0.6 is 0 Å². The Kier molecular flexibility index (Phi) is 6.53. The normalized spacial score (nSPS) is 15.2. The van der Waals surface area contributed by atoms with Gasteiger partial charge in [0.1, 0.15) is 10.7 Å². The van der Waals surface area contributed by atoms with E-state index in [1.807, 2.05) is 25.2 Å². The molecule has 2 aromatic rings. The average molecular weight is 406 g/mol. The van der Waals surface area contributed by atoms with Gasteiger partial charge in [-0.15, -0.1) is 0 Å². The van der Waals surface area contributed by atoms with E-state index in [1.54, 1.807) is 6.92 Å². The van der Waals surface area contributed by atoms with Crippen LogP contribution in [0.4, 0.5) is 0 Å². The lowest BCUT2D eigenvalue weighted by molar-refractivity contribution is 0.0920. The minimum Gasteiger partial charge on any atom is -0.455 e. The fraction of sp³-hybridized carbons (Fsp3) is 0.450. The molecule has 1 aromatic heterocycles. The summed E-state index contributed by atoms with van der Waals surface area (Å²) in [5, 5.41) is 2.79. The molecule has 8 heteroatoms. The number of rotatable bonds is 8. The number of likely N-dealkylation sites (N-methyl/N-ethyl adjacent to an activating group) is 1. The molecule has 0 radical (unpaired) electrons. The SMILES string of the molecule is Cc1oc(C(=O)NCCN(C)Cc2ccccc2)cc1S(=O)(=O)N1CCCC1. The largest absolute Gasteiger partial charge is 0.455 e. The molecular formula is C20H27N3O4S. The highest BCUT2D eigenvalue weighted by Gasteiger charge is 2.31. The van der Waals surface area contributed by atoms with Gasteiger partial charge in [0.25, 0.3) is 5.91 Å². The molecule has 152 valence electrons. The van der Waals surface area contributed by atoms with Crippen molar-refractivity contribution in [3.05, 3.63) is 53.5 Å². The lowest BCUT2D eigenvalue weighted by atomic mass is 10.2. The third-order valence-corrected chi connectivity index (χ3v) is 6.86. The summed E-state index contributed by atoms with van der Waals surface area (Å²) in [6.45, 7) is 4.50. The molecule has 1 aromatic carbocycles. The maximum Gasteiger partial charge on any atom is 0.287 e. The summed E-state index contributed by atoms with van der Waals surface area (Å²) in [4.78, 5) is 14.6. The Morgan fingerprint density at radius 1 is 1.21 bits per heavy atom. The Labute approximate surface area is 166 Å². The predicted molar refractivity (Wildman–Crippen MR) is 107 cm³/mol. The van der Waals surface area contributed by atoms with Gasteiger partial charge in [-0.25, -0.2) is 8.42 Å². The van der Waals surface area contributed by atoms with Crippen LogP contribution in [0.5, 0.6) is 0 Å². The second-order valence-corrected chi connectivity index (χ2v) is 9.03. The fourth-order valence-corrected chi connectivity index (χ4v) is 5.00. The van der Waals surface area contributed by atoms with Crippen LogP contribution in [0, 0.1) is 6.92 Å². The monoisotopic (exact) mass is 405 g/mol. The zero-order valence-electron chi connectivity index (χ0n) is 16.3. The highest BCUT2D eigenvalue weighted by molar-refractivity contribution is 7.89. The zero-order chi connectivity index (χ0) is 20.1. The molecule has 7 nitrogen and oxygen atoms in total. The first kappa shape index (κ1) is 20.6. The summed E-state index contributed by atoms with van der Waals surface area (Å²) in [6.07, 6.45) is 1.72. The van der Waals surface area contributed by atoms with Crippen LogP contribution in [0.2, 0.25) is 0 Å². The van der Waals surface area contributed by atoms with Crippen molar-refractivity contribution >= 4 is 15.9 Å². The summed E-state index contributed by atoms with van der Waals surface area (Å²) >= 11 is 0. The standard InChI is InChI=1S/C20H27N3O4S/c1-16-19(28(25,26)23-11-6-7-12-23)14-18(27-16)20(24)21-10-13-22(2)15-17-8-4-3-5-9-17/h3-5,8-9,14H,6-7,10-13,15H2,1-2H3,(H,21,24). The lowest BCUT2D eigenvalue weighted by Crippen LogP contribution is -2.32. The summed E-state index contributed by atoms with van der Waals surface area (Å²) < 4.78 is 32.3.